The first kappa shape index (κ1) is 20.8. The second-order valence-corrected chi connectivity index (χ2v) is 7.80. The van der Waals surface area contributed by atoms with Gasteiger partial charge in [0.25, 0.3) is 11.8 Å². The van der Waals surface area contributed by atoms with Crippen LogP contribution in [0.3, 0.4) is 0 Å². The van der Waals surface area contributed by atoms with Crippen LogP contribution in [-0.4, -0.2) is 48.5 Å². The molecule has 1 saturated heterocycles. The number of nitrogens with one attached hydrogen (secondary N) is 1. The summed E-state index contributed by atoms with van der Waals surface area (Å²) in [6.07, 6.45) is 0. The van der Waals surface area contributed by atoms with E-state index in [0.29, 0.717) is 17.1 Å². The maximum absolute atomic E-state index is 13.0. The Morgan fingerprint density at radius 1 is 1.16 bits per heavy atom. The van der Waals surface area contributed by atoms with Crippen LogP contribution in [-0.2, 0) is 14.4 Å². The van der Waals surface area contributed by atoms with Gasteiger partial charge in [-0.3, -0.25) is 19.4 Å². The molecule has 1 fully saturated rings. The summed E-state index contributed by atoms with van der Waals surface area (Å²) in [5.41, 5.74) is 2.91. The van der Waals surface area contributed by atoms with Crippen molar-refractivity contribution in [1.29, 1.82) is 0 Å². The lowest BCUT2D eigenvalue weighted by molar-refractivity contribution is -0.123. The predicted octanol–water partition coefficient (Wildman–Crippen LogP) is 2.90. The summed E-state index contributed by atoms with van der Waals surface area (Å²) in [5.74, 6) is -0.966. The van der Waals surface area contributed by atoms with Gasteiger partial charge in [-0.15, -0.1) is 0 Å². The van der Waals surface area contributed by atoms with Crippen LogP contribution in [0.15, 0.2) is 46.7 Å². The number of amides is 3. The summed E-state index contributed by atoms with van der Waals surface area (Å²) in [5, 5.41) is 12.2. The number of hydrogen-bond acceptors (Lipinski definition) is 7. The van der Waals surface area contributed by atoms with Gasteiger partial charge >= 0.3 is 0 Å². The van der Waals surface area contributed by atoms with Gasteiger partial charge in [-0.25, -0.2) is 4.90 Å². The van der Waals surface area contributed by atoms with Crippen LogP contribution in [0, 0.1) is 13.8 Å². The van der Waals surface area contributed by atoms with Gasteiger partial charge in [0.15, 0.2) is 12.1 Å². The molecule has 1 N–H and O–H groups in total. The first-order valence-electron chi connectivity index (χ1n) is 9.56. The summed E-state index contributed by atoms with van der Waals surface area (Å²) < 4.78 is 5.11. The monoisotopic (exact) mass is 441 g/mol. The topological polar surface area (TPSA) is 104 Å². The van der Waals surface area contributed by atoms with E-state index in [9.17, 15) is 14.4 Å². The van der Waals surface area contributed by atoms with Crippen molar-refractivity contribution in [2.45, 2.75) is 25.9 Å². The summed E-state index contributed by atoms with van der Waals surface area (Å²) in [7, 11) is 1.47. The van der Waals surface area contributed by atoms with Crippen molar-refractivity contribution < 1.29 is 19.1 Å². The van der Waals surface area contributed by atoms with Crippen LogP contribution < -0.4 is 15.0 Å². The van der Waals surface area contributed by atoms with Crippen LogP contribution in [0.2, 0.25) is 5.02 Å². The van der Waals surface area contributed by atoms with E-state index in [1.165, 1.54) is 18.2 Å². The number of fused-ring (bicyclic) bond motifs is 1. The lowest BCUT2D eigenvalue weighted by Gasteiger charge is -2.20. The van der Waals surface area contributed by atoms with Gasteiger partial charge in [0.05, 0.1) is 17.8 Å². The van der Waals surface area contributed by atoms with Crippen molar-refractivity contribution in [2.75, 3.05) is 23.9 Å². The Kier molecular flexibility index (Phi) is 5.36. The molecule has 0 aliphatic carbocycles. The molecule has 2 aromatic rings. The number of methoxy groups -OCH3 is 1. The van der Waals surface area contributed by atoms with Crippen LogP contribution in [0.1, 0.15) is 11.1 Å². The maximum atomic E-state index is 13.0. The predicted molar refractivity (Wildman–Crippen MR) is 114 cm³/mol. The number of rotatable bonds is 5. The van der Waals surface area contributed by atoms with Crippen LogP contribution >= 0.6 is 11.6 Å². The number of carbonyl (C=O) groups is 3. The highest BCUT2D eigenvalue weighted by Gasteiger charge is 2.55. The van der Waals surface area contributed by atoms with E-state index in [-0.39, 0.29) is 17.5 Å². The Balaban J connectivity index is 1.51. The van der Waals surface area contributed by atoms with Gasteiger partial charge in [0, 0.05) is 5.69 Å². The molecule has 31 heavy (non-hydrogen) atoms. The third-order valence-electron chi connectivity index (χ3n) is 5.22. The zero-order valence-electron chi connectivity index (χ0n) is 17.1. The van der Waals surface area contributed by atoms with E-state index in [2.05, 4.69) is 15.7 Å². The normalized spacial score (nSPS) is 19.7. The van der Waals surface area contributed by atoms with Gasteiger partial charge in [-0.1, -0.05) is 29.0 Å². The molecule has 0 spiro atoms. The SMILES string of the molecule is COc1ccc(N2C(=O)[C@H]3N=NN(CC(=O)Nc4cc(C)ccc4C)[C@@H]3C2=O)cc1Cl. The Morgan fingerprint density at radius 3 is 2.65 bits per heavy atom. The number of anilines is 2. The van der Waals surface area contributed by atoms with E-state index in [1.807, 2.05) is 32.0 Å². The number of aryl methyl sites for hydroxylation is 2. The van der Waals surface area contributed by atoms with E-state index in [0.717, 1.165) is 16.0 Å². The second-order valence-electron chi connectivity index (χ2n) is 7.39. The highest BCUT2D eigenvalue weighted by Crippen LogP contribution is 2.35. The molecule has 2 atom stereocenters. The van der Waals surface area contributed by atoms with E-state index >= 15 is 0 Å². The standard InChI is InChI=1S/C21H20ClN5O4/c1-11-4-5-12(2)15(8-11)23-17(28)10-26-19-18(24-25-26)20(29)27(21(19)30)13-6-7-16(31-3)14(22)9-13/h4-9,18-19H,10H2,1-3H3,(H,23,28)/t18-,19-/m0/s1. The minimum Gasteiger partial charge on any atom is -0.495 e. The third-order valence-corrected chi connectivity index (χ3v) is 5.52. The van der Waals surface area contributed by atoms with Crippen molar-refractivity contribution in [2.24, 2.45) is 10.3 Å². The molecule has 4 rings (SSSR count). The van der Waals surface area contributed by atoms with Crippen molar-refractivity contribution in [3.63, 3.8) is 0 Å². The molecule has 0 bridgehead atoms. The largest absolute Gasteiger partial charge is 0.495 e. The van der Waals surface area contributed by atoms with Gasteiger partial charge < -0.3 is 10.1 Å². The molecule has 2 aromatic carbocycles. The molecule has 9 nitrogen and oxygen atoms in total. The molecule has 2 heterocycles. The minimum absolute atomic E-state index is 0.214. The number of hydrogen-bond donors (Lipinski definition) is 1. The van der Waals surface area contributed by atoms with Crippen molar-refractivity contribution >= 4 is 40.7 Å². The first-order valence-corrected chi connectivity index (χ1v) is 9.94. The number of imide groups is 1. The Hall–Kier alpha value is -3.46. The molecular formula is C21H20ClN5O4. The number of ether oxygens (including phenoxy) is 1. The summed E-state index contributed by atoms with van der Waals surface area (Å²) in [6.45, 7) is 3.60. The van der Waals surface area contributed by atoms with Gasteiger partial charge in [0.2, 0.25) is 5.91 Å². The van der Waals surface area contributed by atoms with Crippen LogP contribution in [0.5, 0.6) is 5.75 Å². The number of halogens is 1. The molecular weight excluding hydrogens is 422 g/mol. The first-order chi connectivity index (χ1) is 14.8. The fourth-order valence-corrected chi connectivity index (χ4v) is 3.86. The molecule has 3 amide bonds. The third kappa shape index (κ3) is 3.72. The van der Waals surface area contributed by atoms with Crippen LogP contribution in [0.4, 0.5) is 11.4 Å². The lowest BCUT2D eigenvalue weighted by atomic mass is 10.1. The Morgan fingerprint density at radius 2 is 1.94 bits per heavy atom. The minimum atomic E-state index is -0.998. The summed E-state index contributed by atoms with van der Waals surface area (Å²) in [4.78, 5) is 39.5. The Labute approximate surface area is 183 Å². The van der Waals surface area contributed by atoms with Crippen molar-refractivity contribution in [3.8, 4) is 5.75 Å². The van der Waals surface area contributed by atoms with Gasteiger partial charge in [-0.05, 0) is 49.2 Å². The molecule has 2 aliphatic heterocycles. The maximum Gasteiger partial charge on any atom is 0.263 e. The number of benzene rings is 2. The smallest absolute Gasteiger partial charge is 0.263 e. The quantitative estimate of drug-likeness (QED) is 0.718. The lowest BCUT2D eigenvalue weighted by Crippen LogP contribution is -2.43. The zero-order chi connectivity index (χ0) is 22.3. The Bertz CT molecular complexity index is 1120. The highest BCUT2D eigenvalue weighted by atomic mass is 35.5. The van der Waals surface area contributed by atoms with E-state index < -0.39 is 23.9 Å². The fraction of sp³-hybridized carbons (Fsp3) is 0.286. The molecule has 0 radical (unpaired) electrons. The molecule has 0 saturated carbocycles. The molecule has 160 valence electrons. The van der Waals surface area contributed by atoms with E-state index in [1.54, 1.807) is 12.1 Å². The van der Waals surface area contributed by atoms with Crippen LogP contribution in [0.25, 0.3) is 0 Å². The molecule has 2 aliphatic rings. The summed E-state index contributed by atoms with van der Waals surface area (Å²) >= 11 is 6.14. The van der Waals surface area contributed by atoms with Gasteiger partial charge in [0.1, 0.15) is 12.3 Å². The van der Waals surface area contributed by atoms with E-state index in [4.69, 9.17) is 16.3 Å². The number of nitrogens with zero attached hydrogens (tertiary/aromatic N) is 4. The van der Waals surface area contributed by atoms with Crippen molar-refractivity contribution in [1.82, 2.24) is 5.01 Å². The average Bonchev–Trinajstić information content (AvgIpc) is 3.24. The zero-order valence-corrected chi connectivity index (χ0v) is 17.9. The molecule has 0 unspecified atom stereocenters. The number of carbonyl (C=O) groups excluding carboxylic acids is 3. The highest BCUT2D eigenvalue weighted by molar-refractivity contribution is 6.33. The molecule has 10 heteroatoms. The second kappa shape index (κ2) is 7.99. The van der Waals surface area contributed by atoms with Crippen molar-refractivity contribution in [3.05, 3.63) is 52.5 Å². The molecule has 0 aromatic heterocycles. The fourth-order valence-electron chi connectivity index (χ4n) is 3.61. The summed E-state index contributed by atoms with van der Waals surface area (Å²) in [6, 6.07) is 8.37. The average molecular weight is 442 g/mol. The van der Waals surface area contributed by atoms with Gasteiger partial charge in [-0.2, -0.15) is 5.11 Å².